The molecule has 0 fully saturated rings. The van der Waals surface area contributed by atoms with Gasteiger partial charge in [-0.25, -0.2) is 8.42 Å². The molecule has 0 aliphatic rings. The standard InChI is InChI=1S/C22H23NO7S/c1-26-16-6-8-17(9-7-16)30-22-13-15(5-11-20(22)28-3)23-31(24,25)18-10-12-19(27-2)21(14-18)29-4/h5-14,23H,1-4H3. The highest BCUT2D eigenvalue weighted by Gasteiger charge is 2.18. The lowest BCUT2D eigenvalue weighted by Gasteiger charge is -2.14. The van der Waals surface area contributed by atoms with Crippen LogP contribution in [-0.2, 0) is 10.0 Å². The smallest absolute Gasteiger partial charge is 0.262 e. The molecular weight excluding hydrogens is 422 g/mol. The number of sulfonamides is 1. The number of anilines is 1. The Balaban J connectivity index is 1.88. The highest BCUT2D eigenvalue weighted by molar-refractivity contribution is 7.92. The molecule has 0 radical (unpaired) electrons. The molecule has 8 nitrogen and oxygen atoms in total. The first-order valence-corrected chi connectivity index (χ1v) is 10.6. The highest BCUT2D eigenvalue weighted by Crippen LogP contribution is 2.36. The van der Waals surface area contributed by atoms with E-state index in [-0.39, 0.29) is 4.90 Å². The zero-order valence-corrected chi connectivity index (χ0v) is 18.4. The minimum Gasteiger partial charge on any atom is -0.497 e. The normalized spacial score (nSPS) is 10.8. The molecule has 0 spiro atoms. The molecule has 0 aliphatic carbocycles. The van der Waals surface area contributed by atoms with Crippen molar-refractivity contribution < 1.29 is 32.1 Å². The van der Waals surface area contributed by atoms with Gasteiger partial charge in [0.15, 0.2) is 23.0 Å². The summed E-state index contributed by atoms with van der Waals surface area (Å²) >= 11 is 0. The van der Waals surface area contributed by atoms with Gasteiger partial charge in [-0.1, -0.05) is 0 Å². The number of nitrogens with one attached hydrogen (secondary N) is 1. The van der Waals surface area contributed by atoms with E-state index in [1.807, 2.05) is 0 Å². The van der Waals surface area contributed by atoms with Crippen molar-refractivity contribution in [1.29, 1.82) is 0 Å². The zero-order chi connectivity index (χ0) is 22.4. The van der Waals surface area contributed by atoms with Crippen LogP contribution in [0.1, 0.15) is 0 Å². The molecule has 0 aliphatic heterocycles. The average Bonchev–Trinajstić information content (AvgIpc) is 2.79. The van der Waals surface area contributed by atoms with Crippen molar-refractivity contribution in [2.24, 2.45) is 0 Å². The van der Waals surface area contributed by atoms with Crippen molar-refractivity contribution in [2.45, 2.75) is 4.90 Å². The summed E-state index contributed by atoms with van der Waals surface area (Å²) < 4.78 is 55.0. The molecule has 31 heavy (non-hydrogen) atoms. The maximum atomic E-state index is 12.9. The number of benzene rings is 3. The minimum absolute atomic E-state index is 0.0265. The van der Waals surface area contributed by atoms with E-state index < -0.39 is 10.0 Å². The number of ether oxygens (including phenoxy) is 5. The quantitative estimate of drug-likeness (QED) is 0.524. The van der Waals surface area contributed by atoms with Crippen LogP contribution >= 0.6 is 0 Å². The predicted octanol–water partition coefficient (Wildman–Crippen LogP) is 4.31. The van der Waals surface area contributed by atoms with Gasteiger partial charge in [0.05, 0.1) is 39.0 Å². The Morgan fingerprint density at radius 2 is 1.19 bits per heavy atom. The summed E-state index contributed by atoms with van der Waals surface area (Å²) in [6, 6.07) is 16.1. The maximum absolute atomic E-state index is 12.9. The third-order valence-corrected chi connectivity index (χ3v) is 5.75. The number of rotatable bonds is 9. The van der Waals surface area contributed by atoms with Crippen LogP contribution in [0.15, 0.2) is 65.6 Å². The maximum Gasteiger partial charge on any atom is 0.262 e. The molecule has 3 aromatic carbocycles. The van der Waals surface area contributed by atoms with Gasteiger partial charge in [0.25, 0.3) is 10.0 Å². The van der Waals surface area contributed by atoms with Gasteiger partial charge in [-0.05, 0) is 48.5 Å². The van der Waals surface area contributed by atoms with E-state index in [0.717, 1.165) is 0 Å². The minimum atomic E-state index is -3.89. The molecule has 3 aromatic rings. The van der Waals surface area contributed by atoms with Crippen LogP contribution in [0.25, 0.3) is 0 Å². The number of hydrogen-bond donors (Lipinski definition) is 1. The third kappa shape index (κ3) is 5.13. The predicted molar refractivity (Wildman–Crippen MR) is 116 cm³/mol. The van der Waals surface area contributed by atoms with E-state index >= 15 is 0 Å². The van der Waals surface area contributed by atoms with Crippen molar-refractivity contribution in [2.75, 3.05) is 33.2 Å². The summed E-state index contributed by atoms with van der Waals surface area (Å²) in [6.07, 6.45) is 0. The van der Waals surface area contributed by atoms with Crippen molar-refractivity contribution in [1.82, 2.24) is 0 Å². The Kier molecular flexibility index (Phi) is 6.76. The molecule has 0 aromatic heterocycles. The second-order valence-corrected chi connectivity index (χ2v) is 7.95. The molecule has 0 saturated carbocycles. The molecule has 164 valence electrons. The second kappa shape index (κ2) is 9.48. The molecule has 3 rings (SSSR count). The molecule has 9 heteroatoms. The SMILES string of the molecule is COc1ccc(Oc2cc(NS(=O)(=O)c3ccc(OC)c(OC)c3)ccc2OC)cc1. The Hall–Kier alpha value is -3.59. The Labute approximate surface area is 181 Å². The number of methoxy groups -OCH3 is 4. The fourth-order valence-corrected chi connectivity index (χ4v) is 3.85. The summed E-state index contributed by atoms with van der Waals surface area (Å²) in [5.74, 6) is 2.77. The Morgan fingerprint density at radius 1 is 0.613 bits per heavy atom. The van der Waals surface area contributed by atoms with Gasteiger partial charge in [-0.2, -0.15) is 0 Å². The fraction of sp³-hybridized carbons (Fsp3) is 0.182. The molecule has 0 atom stereocenters. The zero-order valence-electron chi connectivity index (χ0n) is 17.5. The van der Waals surface area contributed by atoms with Gasteiger partial charge >= 0.3 is 0 Å². The molecule has 0 heterocycles. The monoisotopic (exact) mass is 445 g/mol. The van der Waals surface area contributed by atoms with E-state index in [1.165, 1.54) is 39.5 Å². The van der Waals surface area contributed by atoms with E-state index in [2.05, 4.69) is 4.72 Å². The van der Waals surface area contributed by atoms with Crippen LogP contribution in [0.3, 0.4) is 0 Å². The van der Waals surface area contributed by atoms with Crippen molar-refractivity contribution in [3.8, 4) is 34.5 Å². The van der Waals surface area contributed by atoms with Gasteiger partial charge in [0, 0.05) is 12.1 Å². The van der Waals surface area contributed by atoms with Crippen LogP contribution in [-0.4, -0.2) is 36.9 Å². The van der Waals surface area contributed by atoms with Crippen LogP contribution in [0.2, 0.25) is 0 Å². The summed E-state index contributed by atoms with van der Waals surface area (Å²) in [7, 11) is 2.11. The summed E-state index contributed by atoms with van der Waals surface area (Å²) in [6.45, 7) is 0. The van der Waals surface area contributed by atoms with Crippen molar-refractivity contribution >= 4 is 15.7 Å². The van der Waals surface area contributed by atoms with Crippen LogP contribution in [0.4, 0.5) is 5.69 Å². The van der Waals surface area contributed by atoms with Crippen molar-refractivity contribution in [3.63, 3.8) is 0 Å². The lowest BCUT2D eigenvalue weighted by atomic mass is 10.2. The number of hydrogen-bond acceptors (Lipinski definition) is 7. The molecule has 0 bridgehead atoms. The molecule has 1 N–H and O–H groups in total. The van der Waals surface area contributed by atoms with Crippen molar-refractivity contribution in [3.05, 3.63) is 60.7 Å². The molecule has 0 unspecified atom stereocenters. The summed E-state index contributed by atoms with van der Waals surface area (Å²) in [5, 5.41) is 0. The summed E-state index contributed by atoms with van der Waals surface area (Å²) in [5.41, 5.74) is 0.305. The van der Waals surface area contributed by atoms with E-state index in [0.29, 0.717) is 40.2 Å². The molecule has 0 amide bonds. The first kappa shape index (κ1) is 22.1. The van der Waals surface area contributed by atoms with Crippen LogP contribution < -0.4 is 28.4 Å². The van der Waals surface area contributed by atoms with Gasteiger partial charge in [0.2, 0.25) is 0 Å². The Bertz CT molecular complexity index is 1150. The first-order valence-electron chi connectivity index (χ1n) is 9.15. The lowest BCUT2D eigenvalue weighted by Crippen LogP contribution is -2.13. The Morgan fingerprint density at radius 3 is 1.81 bits per heavy atom. The van der Waals surface area contributed by atoms with E-state index in [9.17, 15) is 8.42 Å². The van der Waals surface area contributed by atoms with E-state index in [1.54, 1.807) is 49.6 Å². The van der Waals surface area contributed by atoms with Crippen LogP contribution in [0.5, 0.6) is 34.5 Å². The third-order valence-electron chi connectivity index (χ3n) is 4.37. The van der Waals surface area contributed by atoms with Gasteiger partial charge < -0.3 is 23.7 Å². The molecule has 0 saturated heterocycles. The van der Waals surface area contributed by atoms with Crippen LogP contribution in [0, 0.1) is 0 Å². The van der Waals surface area contributed by atoms with E-state index in [4.69, 9.17) is 23.7 Å². The van der Waals surface area contributed by atoms with Gasteiger partial charge in [-0.3, -0.25) is 4.72 Å². The summed E-state index contributed by atoms with van der Waals surface area (Å²) in [4.78, 5) is 0.0265. The fourth-order valence-electron chi connectivity index (χ4n) is 2.79. The lowest BCUT2D eigenvalue weighted by molar-refractivity contribution is 0.354. The van der Waals surface area contributed by atoms with Gasteiger partial charge in [-0.15, -0.1) is 0 Å². The highest BCUT2D eigenvalue weighted by atomic mass is 32.2. The first-order chi connectivity index (χ1) is 14.9. The van der Waals surface area contributed by atoms with Gasteiger partial charge in [0.1, 0.15) is 11.5 Å². The largest absolute Gasteiger partial charge is 0.497 e. The second-order valence-electron chi connectivity index (χ2n) is 6.27. The topological polar surface area (TPSA) is 92.3 Å². The average molecular weight is 445 g/mol. The molecular formula is C22H23NO7S.